The molecular weight excluding hydrogens is 436 g/mol. The Kier molecular flexibility index (Phi) is 6.62. The van der Waals surface area contributed by atoms with Crippen molar-refractivity contribution in [2.45, 2.75) is 27.7 Å². The maximum absolute atomic E-state index is 12.3. The predicted octanol–water partition coefficient (Wildman–Crippen LogP) is 5.99. The number of hydrogen-bond acceptors (Lipinski definition) is 4. The van der Waals surface area contributed by atoms with Crippen molar-refractivity contribution in [2.75, 3.05) is 6.61 Å². The molecule has 28 heavy (non-hydrogen) atoms. The molecule has 1 saturated heterocycles. The van der Waals surface area contributed by atoms with E-state index in [-0.39, 0.29) is 5.91 Å². The summed E-state index contributed by atoms with van der Waals surface area (Å²) in [5.74, 6) is 1.19. The van der Waals surface area contributed by atoms with Crippen molar-refractivity contribution in [2.24, 2.45) is 10.9 Å². The number of hydrogen-bond donors (Lipinski definition) is 1. The largest absolute Gasteiger partial charge is 0.493 e. The van der Waals surface area contributed by atoms with Crippen molar-refractivity contribution in [3.05, 3.63) is 62.5 Å². The molecule has 1 heterocycles. The van der Waals surface area contributed by atoms with Crippen molar-refractivity contribution >= 4 is 50.5 Å². The van der Waals surface area contributed by atoms with Gasteiger partial charge in [0, 0.05) is 4.47 Å². The summed E-state index contributed by atoms with van der Waals surface area (Å²) in [7, 11) is 0. The second kappa shape index (κ2) is 8.97. The Labute approximate surface area is 178 Å². The van der Waals surface area contributed by atoms with Crippen molar-refractivity contribution in [3.63, 3.8) is 0 Å². The Morgan fingerprint density at radius 3 is 2.43 bits per heavy atom. The maximum Gasteiger partial charge on any atom is 0.264 e. The Balaban J connectivity index is 1.73. The molecule has 0 atom stereocenters. The zero-order valence-corrected chi connectivity index (χ0v) is 18.8. The first-order chi connectivity index (χ1) is 13.3. The highest BCUT2D eigenvalue weighted by atomic mass is 79.9. The van der Waals surface area contributed by atoms with Crippen LogP contribution in [0.1, 0.15) is 30.5 Å². The van der Waals surface area contributed by atoms with E-state index in [1.807, 2.05) is 56.3 Å². The Hall–Kier alpha value is -2.05. The van der Waals surface area contributed by atoms with Gasteiger partial charge in [0.2, 0.25) is 0 Å². The minimum absolute atomic E-state index is 0.130. The van der Waals surface area contributed by atoms with Gasteiger partial charge in [0.15, 0.2) is 5.17 Å². The average Bonchev–Trinajstić information content (AvgIpc) is 2.98. The number of carbonyl (C=O) groups is 1. The van der Waals surface area contributed by atoms with E-state index in [0.29, 0.717) is 22.6 Å². The van der Waals surface area contributed by atoms with Gasteiger partial charge < -0.3 is 10.1 Å². The second-order valence-electron chi connectivity index (χ2n) is 7.15. The van der Waals surface area contributed by atoms with E-state index in [0.717, 1.165) is 32.6 Å². The van der Waals surface area contributed by atoms with Crippen LogP contribution in [0.3, 0.4) is 0 Å². The Morgan fingerprint density at radius 1 is 1.18 bits per heavy atom. The van der Waals surface area contributed by atoms with E-state index in [1.54, 1.807) is 0 Å². The topological polar surface area (TPSA) is 50.7 Å². The van der Waals surface area contributed by atoms with Gasteiger partial charge in [0.1, 0.15) is 5.75 Å². The number of rotatable bonds is 5. The SMILES string of the molecule is Cc1cc(N=C2NC(=O)/C(=C/c3ccc(OCC(C)C)cc3)S2)cc(C)c1Br. The van der Waals surface area contributed by atoms with E-state index in [1.165, 1.54) is 11.8 Å². The first-order valence-electron chi connectivity index (χ1n) is 9.11. The van der Waals surface area contributed by atoms with Gasteiger partial charge in [-0.1, -0.05) is 41.9 Å². The molecule has 0 aromatic heterocycles. The minimum atomic E-state index is -0.130. The molecule has 2 aromatic rings. The number of aliphatic imine (C=N–C) groups is 1. The summed E-state index contributed by atoms with van der Waals surface area (Å²) < 4.78 is 6.78. The van der Waals surface area contributed by atoms with Crippen LogP contribution in [0.4, 0.5) is 5.69 Å². The number of ether oxygens (including phenoxy) is 1. The van der Waals surface area contributed by atoms with Crippen LogP contribution in [0, 0.1) is 19.8 Å². The maximum atomic E-state index is 12.3. The molecule has 1 fully saturated rings. The lowest BCUT2D eigenvalue weighted by atomic mass is 10.1. The minimum Gasteiger partial charge on any atom is -0.493 e. The number of nitrogens with zero attached hydrogens (tertiary/aromatic N) is 1. The van der Waals surface area contributed by atoms with Gasteiger partial charge in [0.05, 0.1) is 17.2 Å². The van der Waals surface area contributed by atoms with Crippen LogP contribution in [-0.4, -0.2) is 17.7 Å². The third-order valence-corrected chi connectivity index (χ3v) is 6.22. The number of benzene rings is 2. The zero-order valence-electron chi connectivity index (χ0n) is 16.4. The van der Waals surface area contributed by atoms with E-state index in [2.05, 4.69) is 40.1 Å². The van der Waals surface area contributed by atoms with Crippen molar-refractivity contribution < 1.29 is 9.53 Å². The summed E-state index contributed by atoms with van der Waals surface area (Å²) in [5.41, 5.74) is 4.01. The van der Waals surface area contributed by atoms with E-state index >= 15 is 0 Å². The lowest BCUT2D eigenvalue weighted by molar-refractivity contribution is -0.115. The number of carbonyl (C=O) groups excluding carboxylic acids is 1. The molecule has 0 saturated carbocycles. The summed E-state index contributed by atoms with van der Waals surface area (Å²) >= 11 is 4.91. The fraction of sp³-hybridized carbons (Fsp3) is 0.273. The fourth-order valence-corrected chi connectivity index (χ4v) is 3.73. The summed E-state index contributed by atoms with van der Waals surface area (Å²) in [6, 6.07) is 11.7. The van der Waals surface area contributed by atoms with Gasteiger partial charge in [-0.2, -0.15) is 0 Å². The number of amides is 1. The third-order valence-electron chi connectivity index (χ3n) is 4.06. The van der Waals surface area contributed by atoms with Crippen LogP contribution < -0.4 is 10.1 Å². The van der Waals surface area contributed by atoms with Gasteiger partial charge in [0.25, 0.3) is 5.91 Å². The standard InChI is InChI=1S/C22H23BrN2O2S/c1-13(2)12-27-18-7-5-16(6-8-18)11-19-21(26)25-22(28-19)24-17-9-14(3)20(23)15(4)10-17/h5-11,13H,12H2,1-4H3,(H,24,25,26)/b19-11-. The Morgan fingerprint density at radius 2 is 1.82 bits per heavy atom. The molecule has 1 amide bonds. The molecule has 146 valence electrons. The molecular formula is C22H23BrN2O2S. The van der Waals surface area contributed by atoms with Gasteiger partial charge in [-0.05, 0) is 78.6 Å². The summed E-state index contributed by atoms with van der Waals surface area (Å²) in [6.07, 6.45) is 1.87. The molecule has 6 heteroatoms. The zero-order chi connectivity index (χ0) is 20.3. The number of aryl methyl sites for hydroxylation is 2. The van der Waals surface area contributed by atoms with Crippen LogP contribution in [0.15, 0.2) is 50.8 Å². The molecule has 0 bridgehead atoms. The van der Waals surface area contributed by atoms with E-state index in [4.69, 9.17) is 4.74 Å². The molecule has 2 aromatic carbocycles. The molecule has 1 N–H and O–H groups in total. The molecule has 1 aliphatic rings. The highest BCUT2D eigenvalue weighted by Gasteiger charge is 2.23. The summed E-state index contributed by atoms with van der Waals surface area (Å²) in [6.45, 7) is 8.98. The van der Waals surface area contributed by atoms with E-state index in [9.17, 15) is 4.79 Å². The predicted molar refractivity (Wildman–Crippen MR) is 121 cm³/mol. The molecule has 0 aliphatic carbocycles. The quantitative estimate of drug-likeness (QED) is 0.559. The number of amidine groups is 1. The van der Waals surface area contributed by atoms with Crippen molar-refractivity contribution in [1.82, 2.24) is 5.32 Å². The van der Waals surface area contributed by atoms with Gasteiger partial charge in [-0.15, -0.1) is 0 Å². The van der Waals surface area contributed by atoms with Gasteiger partial charge in [-0.25, -0.2) is 4.99 Å². The lowest BCUT2D eigenvalue weighted by Gasteiger charge is -2.08. The molecule has 3 rings (SSSR count). The fourth-order valence-electron chi connectivity index (χ4n) is 2.66. The number of thioether (sulfide) groups is 1. The normalized spacial score (nSPS) is 16.9. The highest BCUT2D eigenvalue weighted by Crippen LogP contribution is 2.31. The van der Waals surface area contributed by atoms with E-state index < -0.39 is 0 Å². The molecule has 4 nitrogen and oxygen atoms in total. The molecule has 0 unspecified atom stereocenters. The van der Waals surface area contributed by atoms with Crippen LogP contribution in [0.2, 0.25) is 0 Å². The second-order valence-corrected chi connectivity index (χ2v) is 8.97. The van der Waals surface area contributed by atoms with Gasteiger partial charge in [-0.3, -0.25) is 4.79 Å². The van der Waals surface area contributed by atoms with Crippen molar-refractivity contribution in [1.29, 1.82) is 0 Å². The van der Waals surface area contributed by atoms with Crippen LogP contribution >= 0.6 is 27.7 Å². The first-order valence-corrected chi connectivity index (χ1v) is 10.7. The molecule has 0 spiro atoms. The first kappa shape index (κ1) is 20.7. The van der Waals surface area contributed by atoms with Crippen molar-refractivity contribution in [3.8, 4) is 5.75 Å². The smallest absolute Gasteiger partial charge is 0.264 e. The van der Waals surface area contributed by atoms with Crippen LogP contribution in [0.5, 0.6) is 5.75 Å². The number of nitrogens with one attached hydrogen (secondary N) is 1. The summed E-state index contributed by atoms with van der Waals surface area (Å²) in [4.78, 5) is 17.5. The average molecular weight is 459 g/mol. The van der Waals surface area contributed by atoms with Crippen LogP contribution in [-0.2, 0) is 4.79 Å². The molecule has 0 radical (unpaired) electrons. The third kappa shape index (κ3) is 5.26. The monoisotopic (exact) mass is 458 g/mol. The Bertz CT molecular complexity index is 927. The van der Waals surface area contributed by atoms with Crippen LogP contribution in [0.25, 0.3) is 6.08 Å². The number of halogens is 1. The van der Waals surface area contributed by atoms with Gasteiger partial charge >= 0.3 is 0 Å². The highest BCUT2D eigenvalue weighted by molar-refractivity contribution is 9.10. The molecule has 1 aliphatic heterocycles. The lowest BCUT2D eigenvalue weighted by Crippen LogP contribution is -2.19. The summed E-state index contributed by atoms with van der Waals surface area (Å²) in [5, 5.41) is 3.43.